The van der Waals surface area contributed by atoms with Gasteiger partial charge in [-0.1, -0.05) is 0 Å². The summed E-state index contributed by atoms with van der Waals surface area (Å²) in [7, 11) is 3.53. The van der Waals surface area contributed by atoms with Crippen molar-refractivity contribution in [2.45, 2.75) is 51.2 Å². The Hall–Kier alpha value is -0.610. The summed E-state index contributed by atoms with van der Waals surface area (Å²) < 4.78 is 5.36. The van der Waals surface area contributed by atoms with E-state index in [1.165, 1.54) is 12.8 Å². The number of aliphatic carboxylic acids is 1. The topological polar surface area (TPSA) is 49.8 Å². The second-order valence-electron chi connectivity index (χ2n) is 6.04. The molecular weight excluding hydrogens is 218 g/mol. The Labute approximate surface area is 104 Å². The van der Waals surface area contributed by atoms with Crippen LogP contribution in [0.15, 0.2) is 0 Å². The van der Waals surface area contributed by atoms with Gasteiger partial charge in [0.25, 0.3) is 0 Å². The Kier molecular flexibility index (Phi) is 4.20. The number of carbonyl (C=O) groups is 1. The number of rotatable bonds is 7. The Morgan fingerprint density at radius 1 is 1.41 bits per heavy atom. The second kappa shape index (κ2) is 4.94. The van der Waals surface area contributed by atoms with Gasteiger partial charge in [-0.2, -0.15) is 0 Å². The molecule has 4 heteroatoms. The number of carboxylic acids is 1. The van der Waals surface area contributed by atoms with Crippen LogP contribution in [0.25, 0.3) is 0 Å². The van der Waals surface area contributed by atoms with Gasteiger partial charge in [-0.05, 0) is 46.6 Å². The SMILES string of the molecule is COC(C)(C)CC(C)(C(=O)O)N(C)CC1CC1. The van der Waals surface area contributed by atoms with E-state index in [1.54, 1.807) is 14.0 Å². The molecule has 1 rings (SSSR count). The summed E-state index contributed by atoms with van der Waals surface area (Å²) in [6.07, 6.45) is 2.94. The third-order valence-corrected chi connectivity index (χ3v) is 3.85. The molecule has 1 aliphatic carbocycles. The first kappa shape index (κ1) is 14.5. The fourth-order valence-electron chi connectivity index (χ4n) is 2.16. The molecule has 4 nitrogen and oxygen atoms in total. The Balaban J connectivity index is 2.75. The van der Waals surface area contributed by atoms with E-state index in [0.717, 1.165) is 6.54 Å². The molecular formula is C13H25NO3. The first-order valence-electron chi connectivity index (χ1n) is 6.21. The number of likely N-dealkylation sites (N-methyl/N-ethyl adjacent to an activating group) is 1. The van der Waals surface area contributed by atoms with Gasteiger partial charge < -0.3 is 9.84 Å². The lowest BCUT2D eigenvalue weighted by molar-refractivity contribution is -0.154. The second-order valence-corrected chi connectivity index (χ2v) is 6.04. The average Bonchev–Trinajstić information content (AvgIpc) is 3.00. The van der Waals surface area contributed by atoms with Gasteiger partial charge in [0.2, 0.25) is 0 Å². The minimum absolute atomic E-state index is 0.426. The van der Waals surface area contributed by atoms with E-state index < -0.39 is 17.1 Å². The predicted octanol–water partition coefficient (Wildman–Crippen LogP) is 1.99. The van der Waals surface area contributed by atoms with E-state index in [0.29, 0.717) is 12.3 Å². The highest BCUT2D eigenvalue weighted by Crippen LogP contribution is 2.34. The predicted molar refractivity (Wildman–Crippen MR) is 67.1 cm³/mol. The summed E-state index contributed by atoms with van der Waals surface area (Å²) in [4.78, 5) is 13.5. The van der Waals surface area contributed by atoms with Crippen molar-refractivity contribution in [3.05, 3.63) is 0 Å². The summed E-state index contributed by atoms with van der Waals surface area (Å²) in [5.74, 6) is -0.0879. The normalized spacial score (nSPS) is 20.4. The van der Waals surface area contributed by atoms with Crippen molar-refractivity contribution in [3.8, 4) is 0 Å². The van der Waals surface area contributed by atoms with Crippen LogP contribution < -0.4 is 0 Å². The molecule has 0 aliphatic heterocycles. The van der Waals surface area contributed by atoms with Gasteiger partial charge in [0.05, 0.1) is 5.60 Å². The lowest BCUT2D eigenvalue weighted by atomic mass is 9.86. The molecule has 1 saturated carbocycles. The van der Waals surface area contributed by atoms with Gasteiger partial charge in [0.1, 0.15) is 5.54 Å². The van der Waals surface area contributed by atoms with Crippen LogP contribution in [0.2, 0.25) is 0 Å². The highest BCUT2D eigenvalue weighted by atomic mass is 16.5. The number of methoxy groups -OCH3 is 1. The van der Waals surface area contributed by atoms with Crippen LogP contribution >= 0.6 is 0 Å². The van der Waals surface area contributed by atoms with E-state index in [-0.39, 0.29) is 0 Å². The molecule has 0 aromatic carbocycles. The maximum absolute atomic E-state index is 11.6. The van der Waals surface area contributed by atoms with Crippen molar-refractivity contribution in [1.29, 1.82) is 0 Å². The van der Waals surface area contributed by atoms with E-state index >= 15 is 0 Å². The lowest BCUT2D eigenvalue weighted by Gasteiger charge is -2.40. The molecule has 0 amide bonds. The van der Waals surface area contributed by atoms with Gasteiger partial charge >= 0.3 is 5.97 Å². The molecule has 0 aromatic rings. The van der Waals surface area contributed by atoms with Crippen molar-refractivity contribution >= 4 is 5.97 Å². The van der Waals surface area contributed by atoms with Crippen molar-refractivity contribution in [2.24, 2.45) is 5.92 Å². The zero-order valence-electron chi connectivity index (χ0n) is 11.6. The van der Waals surface area contributed by atoms with E-state index in [9.17, 15) is 9.90 Å². The highest BCUT2D eigenvalue weighted by molar-refractivity contribution is 5.78. The molecule has 0 saturated heterocycles. The summed E-state index contributed by atoms with van der Waals surface area (Å²) in [5, 5.41) is 9.50. The first-order chi connectivity index (χ1) is 7.71. The average molecular weight is 243 g/mol. The molecule has 0 spiro atoms. The molecule has 1 fully saturated rings. The summed E-state index contributed by atoms with van der Waals surface area (Å²) in [5.41, 5.74) is -1.28. The van der Waals surface area contributed by atoms with Crippen LogP contribution in [0, 0.1) is 5.92 Å². The van der Waals surface area contributed by atoms with E-state index in [1.807, 2.05) is 25.8 Å². The Morgan fingerprint density at radius 2 is 1.94 bits per heavy atom. The zero-order chi connectivity index (χ0) is 13.3. The fraction of sp³-hybridized carbons (Fsp3) is 0.923. The number of ether oxygens (including phenoxy) is 1. The van der Waals surface area contributed by atoms with Gasteiger partial charge in [0.15, 0.2) is 0 Å². The van der Waals surface area contributed by atoms with Gasteiger partial charge in [0, 0.05) is 20.1 Å². The van der Waals surface area contributed by atoms with Crippen molar-refractivity contribution < 1.29 is 14.6 Å². The standard InChI is InChI=1S/C13H25NO3/c1-12(2,17-5)9-13(3,11(15)16)14(4)8-10-6-7-10/h10H,6-9H2,1-5H3,(H,15,16). The van der Waals surface area contributed by atoms with Crippen LogP contribution in [0.3, 0.4) is 0 Å². The third kappa shape index (κ3) is 3.68. The smallest absolute Gasteiger partial charge is 0.323 e. The van der Waals surface area contributed by atoms with Gasteiger partial charge in [-0.15, -0.1) is 0 Å². The van der Waals surface area contributed by atoms with Gasteiger partial charge in [-0.3, -0.25) is 9.69 Å². The van der Waals surface area contributed by atoms with Crippen LogP contribution in [-0.2, 0) is 9.53 Å². The molecule has 0 heterocycles. The minimum Gasteiger partial charge on any atom is -0.480 e. The molecule has 100 valence electrons. The Morgan fingerprint density at radius 3 is 2.29 bits per heavy atom. The van der Waals surface area contributed by atoms with Crippen LogP contribution in [0.1, 0.15) is 40.0 Å². The lowest BCUT2D eigenvalue weighted by Crippen LogP contribution is -2.55. The number of nitrogens with zero attached hydrogens (tertiary/aromatic N) is 1. The molecule has 1 atom stereocenters. The molecule has 0 radical (unpaired) electrons. The van der Waals surface area contributed by atoms with Crippen molar-refractivity contribution in [3.63, 3.8) is 0 Å². The number of hydrogen-bond donors (Lipinski definition) is 1. The minimum atomic E-state index is -0.859. The largest absolute Gasteiger partial charge is 0.480 e. The van der Waals surface area contributed by atoms with Crippen molar-refractivity contribution in [1.82, 2.24) is 4.90 Å². The van der Waals surface area contributed by atoms with Crippen LogP contribution in [0.5, 0.6) is 0 Å². The molecule has 17 heavy (non-hydrogen) atoms. The zero-order valence-corrected chi connectivity index (χ0v) is 11.6. The van der Waals surface area contributed by atoms with E-state index in [2.05, 4.69) is 0 Å². The summed E-state index contributed by atoms with van der Waals surface area (Å²) >= 11 is 0. The Bertz CT molecular complexity index is 286. The first-order valence-corrected chi connectivity index (χ1v) is 6.21. The van der Waals surface area contributed by atoms with Crippen molar-refractivity contribution in [2.75, 3.05) is 20.7 Å². The molecule has 0 aromatic heterocycles. The molecule has 1 aliphatic rings. The monoisotopic (exact) mass is 243 g/mol. The molecule has 1 N–H and O–H groups in total. The molecule has 1 unspecified atom stereocenters. The summed E-state index contributed by atoms with van der Waals surface area (Å²) in [6, 6.07) is 0. The highest BCUT2D eigenvalue weighted by Gasteiger charge is 2.43. The van der Waals surface area contributed by atoms with Crippen LogP contribution in [-0.4, -0.2) is 47.8 Å². The van der Waals surface area contributed by atoms with E-state index in [4.69, 9.17) is 4.74 Å². The third-order valence-electron chi connectivity index (χ3n) is 3.85. The maximum Gasteiger partial charge on any atom is 0.323 e. The quantitative estimate of drug-likeness (QED) is 0.743. The number of hydrogen-bond acceptors (Lipinski definition) is 3. The number of carboxylic acid groups (broad SMARTS) is 1. The summed E-state index contributed by atoms with van der Waals surface area (Å²) in [6.45, 7) is 6.51. The fourth-order valence-corrected chi connectivity index (χ4v) is 2.16. The van der Waals surface area contributed by atoms with Crippen LogP contribution in [0.4, 0.5) is 0 Å². The molecule has 0 bridgehead atoms. The van der Waals surface area contributed by atoms with Gasteiger partial charge in [-0.25, -0.2) is 0 Å². The maximum atomic E-state index is 11.6.